The topological polar surface area (TPSA) is 50.4 Å². The molecule has 1 aromatic rings. The van der Waals surface area contributed by atoms with Crippen molar-refractivity contribution in [1.29, 1.82) is 0 Å². The van der Waals surface area contributed by atoms with Crippen LogP contribution < -0.4 is 15.4 Å². The Hall–Kier alpha value is -1.07. The zero-order chi connectivity index (χ0) is 10.7. The van der Waals surface area contributed by atoms with Gasteiger partial charge < -0.3 is 15.4 Å². The van der Waals surface area contributed by atoms with Crippen molar-refractivity contribution in [2.45, 2.75) is 12.5 Å². The van der Waals surface area contributed by atoms with Crippen molar-refractivity contribution in [1.82, 2.24) is 10.6 Å². The number of ether oxygens (including phenoxy) is 1. The monoisotopic (exact) mass is 226 g/mol. The minimum atomic E-state index is -0.0319. The SMILES string of the molecule is COc1ccsc1C(=O)N[C@@H]1CCNC1. The Bertz CT molecular complexity index is 345. The molecule has 0 aliphatic carbocycles. The first-order valence-corrected chi connectivity index (χ1v) is 5.82. The molecular formula is C10H14N2O2S. The molecule has 1 aliphatic heterocycles. The summed E-state index contributed by atoms with van der Waals surface area (Å²) in [5.41, 5.74) is 0. The summed E-state index contributed by atoms with van der Waals surface area (Å²) in [6.45, 7) is 1.84. The molecule has 1 fully saturated rings. The van der Waals surface area contributed by atoms with E-state index in [2.05, 4.69) is 10.6 Å². The Balaban J connectivity index is 2.00. The molecule has 1 saturated heterocycles. The summed E-state index contributed by atoms with van der Waals surface area (Å²) in [7, 11) is 1.58. The van der Waals surface area contributed by atoms with Crippen LogP contribution in [0, 0.1) is 0 Å². The van der Waals surface area contributed by atoms with Gasteiger partial charge in [-0.15, -0.1) is 11.3 Å². The molecular weight excluding hydrogens is 212 g/mol. The summed E-state index contributed by atoms with van der Waals surface area (Å²) >= 11 is 1.41. The van der Waals surface area contributed by atoms with Crippen LogP contribution in [0.2, 0.25) is 0 Å². The Morgan fingerprint density at radius 1 is 1.73 bits per heavy atom. The van der Waals surface area contributed by atoms with Crippen LogP contribution in [0.1, 0.15) is 16.1 Å². The van der Waals surface area contributed by atoms with Crippen molar-refractivity contribution in [2.75, 3.05) is 20.2 Å². The van der Waals surface area contributed by atoms with Crippen molar-refractivity contribution < 1.29 is 9.53 Å². The van der Waals surface area contributed by atoms with E-state index >= 15 is 0 Å². The third kappa shape index (κ3) is 2.30. The molecule has 4 nitrogen and oxygen atoms in total. The lowest BCUT2D eigenvalue weighted by molar-refractivity contribution is 0.0941. The number of nitrogens with one attached hydrogen (secondary N) is 2. The fourth-order valence-electron chi connectivity index (χ4n) is 1.65. The zero-order valence-electron chi connectivity index (χ0n) is 8.58. The van der Waals surface area contributed by atoms with E-state index in [0.29, 0.717) is 10.6 Å². The average molecular weight is 226 g/mol. The molecule has 1 aromatic heterocycles. The van der Waals surface area contributed by atoms with Crippen LogP contribution in [0.15, 0.2) is 11.4 Å². The van der Waals surface area contributed by atoms with Gasteiger partial charge in [0.25, 0.3) is 5.91 Å². The predicted molar refractivity (Wildman–Crippen MR) is 59.6 cm³/mol. The van der Waals surface area contributed by atoms with E-state index in [1.165, 1.54) is 11.3 Å². The van der Waals surface area contributed by atoms with Crippen LogP contribution in [0.5, 0.6) is 5.75 Å². The van der Waals surface area contributed by atoms with Gasteiger partial charge in [0.2, 0.25) is 0 Å². The standard InChI is InChI=1S/C10H14N2O2S/c1-14-8-3-5-15-9(8)10(13)12-7-2-4-11-6-7/h3,5,7,11H,2,4,6H2,1H3,(H,12,13)/t7-/m1/s1. The molecule has 2 heterocycles. The first-order chi connectivity index (χ1) is 7.31. The first kappa shape index (κ1) is 10.4. The van der Waals surface area contributed by atoms with E-state index in [-0.39, 0.29) is 11.9 Å². The molecule has 0 spiro atoms. The van der Waals surface area contributed by atoms with Gasteiger partial charge in [-0.25, -0.2) is 0 Å². The quantitative estimate of drug-likeness (QED) is 0.803. The van der Waals surface area contributed by atoms with Crippen molar-refractivity contribution in [3.8, 4) is 5.75 Å². The van der Waals surface area contributed by atoms with Crippen LogP contribution in [0.4, 0.5) is 0 Å². The van der Waals surface area contributed by atoms with Crippen LogP contribution in [-0.4, -0.2) is 32.1 Å². The molecule has 2 N–H and O–H groups in total. The van der Waals surface area contributed by atoms with Crippen molar-refractivity contribution in [3.63, 3.8) is 0 Å². The molecule has 1 amide bonds. The summed E-state index contributed by atoms with van der Waals surface area (Å²) in [5.74, 6) is 0.624. The minimum absolute atomic E-state index is 0.0319. The fourth-order valence-corrected chi connectivity index (χ4v) is 2.41. The molecule has 1 atom stereocenters. The molecule has 0 saturated carbocycles. The molecule has 0 unspecified atom stereocenters. The largest absolute Gasteiger partial charge is 0.495 e. The van der Waals surface area contributed by atoms with Gasteiger partial charge in [0, 0.05) is 12.6 Å². The lowest BCUT2D eigenvalue weighted by atomic mass is 10.2. The van der Waals surface area contributed by atoms with Crippen LogP contribution in [-0.2, 0) is 0 Å². The number of thiophene rings is 1. The summed E-state index contributed by atoms with van der Waals surface area (Å²) in [4.78, 5) is 12.5. The Morgan fingerprint density at radius 3 is 3.27 bits per heavy atom. The Kier molecular flexibility index (Phi) is 3.23. The van der Waals surface area contributed by atoms with Gasteiger partial charge in [0.15, 0.2) is 0 Å². The average Bonchev–Trinajstić information content (AvgIpc) is 2.86. The highest BCUT2D eigenvalue weighted by atomic mass is 32.1. The maximum atomic E-state index is 11.8. The predicted octanol–water partition coefficient (Wildman–Crippen LogP) is 0.848. The zero-order valence-corrected chi connectivity index (χ0v) is 9.39. The smallest absolute Gasteiger partial charge is 0.265 e. The minimum Gasteiger partial charge on any atom is -0.495 e. The second-order valence-corrected chi connectivity index (χ2v) is 4.40. The van der Waals surface area contributed by atoms with Gasteiger partial charge in [-0.1, -0.05) is 0 Å². The maximum Gasteiger partial charge on any atom is 0.265 e. The normalized spacial score (nSPS) is 20.2. The molecule has 0 aromatic carbocycles. The molecule has 1 aliphatic rings. The van der Waals surface area contributed by atoms with E-state index in [4.69, 9.17) is 4.74 Å². The lowest BCUT2D eigenvalue weighted by Crippen LogP contribution is -2.35. The summed E-state index contributed by atoms with van der Waals surface area (Å²) in [6, 6.07) is 2.07. The van der Waals surface area contributed by atoms with Crippen molar-refractivity contribution >= 4 is 17.2 Å². The molecule has 5 heteroatoms. The Labute approximate surface area is 92.6 Å². The van der Waals surface area contributed by atoms with Gasteiger partial charge >= 0.3 is 0 Å². The fraction of sp³-hybridized carbons (Fsp3) is 0.500. The number of carbonyl (C=O) groups excluding carboxylic acids is 1. The number of amides is 1. The van der Waals surface area contributed by atoms with Gasteiger partial charge in [-0.05, 0) is 24.4 Å². The lowest BCUT2D eigenvalue weighted by Gasteiger charge is -2.10. The third-order valence-electron chi connectivity index (χ3n) is 2.45. The Morgan fingerprint density at radius 2 is 2.60 bits per heavy atom. The number of hydrogen-bond acceptors (Lipinski definition) is 4. The molecule has 0 radical (unpaired) electrons. The molecule has 82 valence electrons. The number of rotatable bonds is 3. The van der Waals surface area contributed by atoms with Gasteiger partial charge in [0.1, 0.15) is 10.6 Å². The summed E-state index contributed by atoms with van der Waals surface area (Å²) < 4.78 is 5.10. The number of hydrogen-bond donors (Lipinski definition) is 2. The van der Waals surface area contributed by atoms with Gasteiger partial charge in [-0.3, -0.25) is 4.79 Å². The van der Waals surface area contributed by atoms with Gasteiger partial charge in [-0.2, -0.15) is 0 Å². The second-order valence-electron chi connectivity index (χ2n) is 3.48. The molecule has 15 heavy (non-hydrogen) atoms. The van der Waals surface area contributed by atoms with Crippen LogP contribution in [0.3, 0.4) is 0 Å². The number of carbonyl (C=O) groups is 1. The second kappa shape index (κ2) is 4.63. The summed E-state index contributed by atoms with van der Waals surface area (Å²) in [5, 5.41) is 8.06. The first-order valence-electron chi connectivity index (χ1n) is 4.94. The van der Waals surface area contributed by atoms with E-state index in [0.717, 1.165) is 19.5 Å². The van der Waals surface area contributed by atoms with Crippen LogP contribution >= 0.6 is 11.3 Å². The van der Waals surface area contributed by atoms with Crippen molar-refractivity contribution in [3.05, 3.63) is 16.3 Å². The highest BCUT2D eigenvalue weighted by molar-refractivity contribution is 7.12. The van der Waals surface area contributed by atoms with Crippen LogP contribution in [0.25, 0.3) is 0 Å². The molecule has 0 bridgehead atoms. The maximum absolute atomic E-state index is 11.8. The highest BCUT2D eigenvalue weighted by Gasteiger charge is 2.20. The number of methoxy groups -OCH3 is 1. The van der Waals surface area contributed by atoms with E-state index in [1.807, 2.05) is 11.4 Å². The van der Waals surface area contributed by atoms with Gasteiger partial charge in [0.05, 0.1) is 7.11 Å². The van der Waals surface area contributed by atoms with E-state index in [9.17, 15) is 4.79 Å². The summed E-state index contributed by atoms with van der Waals surface area (Å²) in [6.07, 6.45) is 0.999. The van der Waals surface area contributed by atoms with Crippen molar-refractivity contribution in [2.24, 2.45) is 0 Å². The third-order valence-corrected chi connectivity index (χ3v) is 3.35. The highest BCUT2D eigenvalue weighted by Crippen LogP contribution is 2.24. The molecule has 2 rings (SSSR count). The van der Waals surface area contributed by atoms with E-state index < -0.39 is 0 Å². The van der Waals surface area contributed by atoms with E-state index in [1.54, 1.807) is 7.11 Å².